The Labute approximate surface area is 187 Å². The second-order valence-electron chi connectivity index (χ2n) is 7.14. The maximum atomic E-state index is 3.81. The molecule has 0 aromatic heterocycles. The summed E-state index contributed by atoms with van der Waals surface area (Å²) in [7, 11) is 0. The summed E-state index contributed by atoms with van der Waals surface area (Å²) in [6.07, 6.45) is 3.76. The van der Waals surface area contributed by atoms with Crippen LogP contribution in [0.1, 0.15) is 22.3 Å². The molecule has 0 bridgehead atoms. The molecular weight excluding hydrogens is 400 g/mol. The fraction of sp³-hybridized carbons (Fsp3) is 0.0714. The van der Waals surface area contributed by atoms with Crippen LogP contribution < -0.4 is 0 Å². The third-order valence-electron chi connectivity index (χ3n) is 5.03. The monoisotopic (exact) mass is 424 g/mol. The molecule has 0 saturated heterocycles. The van der Waals surface area contributed by atoms with Crippen LogP contribution in [0.3, 0.4) is 0 Å². The van der Waals surface area contributed by atoms with Gasteiger partial charge in [0.2, 0.25) is 0 Å². The molecule has 4 aromatic rings. The van der Waals surface area contributed by atoms with Gasteiger partial charge >= 0.3 is 0 Å². The van der Waals surface area contributed by atoms with Crippen molar-refractivity contribution in [1.82, 2.24) is 0 Å². The molecule has 0 aliphatic rings. The van der Waals surface area contributed by atoms with Crippen LogP contribution in [0.15, 0.2) is 108 Å². The van der Waals surface area contributed by atoms with Crippen LogP contribution in [0.5, 0.6) is 0 Å². The maximum Gasteiger partial charge on any atom is 0.0232 e. The van der Waals surface area contributed by atoms with Crippen molar-refractivity contribution in [3.8, 4) is 0 Å². The van der Waals surface area contributed by atoms with Crippen molar-refractivity contribution in [2.75, 3.05) is 0 Å². The molecule has 0 amide bonds. The summed E-state index contributed by atoms with van der Waals surface area (Å²) < 4.78 is 0. The lowest BCUT2D eigenvalue weighted by Crippen LogP contribution is -1.83. The molecule has 30 heavy (non-hydrogen) atoms. The predicted octanol–water partition coefficient (Wildman–Crippen LogP) is 8.71. The lowest BCUT2D eigenvalue weighted by Gasteiger charge is -2.07. The first-order valence-electron chi connectivity index (χ1n) is 9.96. The molecule has 0 N–H and O–H groups in total. The predicted molar refractivity (Wildman–Crippen MR) is 136 cm³/mol. The second kappa shape index (κ2) is 9.88. The number of fused-ring (bicyclic) bond motifs is 1. The van der Waals surface area contributed by atoms with Crippen molar-refractivity contribution >= 4 is 46.4 Å². The van der Waals surface area contributed by atoms with Crippen molar-refractivity contribution in [3.63, 3.8) is 0 Å². The Hall–Kier alpha value is -2.68. The Morgan fingerprint density at radius 3 is 1.30 bits per heavy atom. The molecule has 0 saturated carbocycles. The first-order chi connectivity index (χ1) is 14.7. The molecule has 0 radical (unpaired) electrons. The van der Waals surface area contributed by atoms with E-state index in [1.165, 1.54) is 31.7 Å². The van der Waals surface area contributed by atoms with Crippen LogP contribution in [0.4, 0.5) is 0 Å². The van der Waals surface area contributed by atoms with Crippen LogP contribution in [0.25, 0.3) is 22.9 Å². The molecule has 0 nitrogen and oxygen atoms in total. The molecular formula is C28H24S2. The van der Waals surface area contributed by atoms with Gasteiger partial charge in [0.05, 0.1) is 0 Å². The number of rotatable bonds is 8. The minimum atomic E-state index is 0.974. The summed E-state index contributed by atoms with van der Waals surface area (Å²) in [5, 5.41) is 2.59. The van der Waals surface area contributed by atoms with Gasteiger partial charge in [0.1, 0.15) is 0 Å². The van der Waals surface area contributed by atoms with Gasteiger partial charge in [-0.05, 0) is 57.3 Å². The van der Waals surface area contributed by atoms with Crippen molar-refractivity contribution in [2.24, 2.45) is 0 Å². The van der Waals surface area contributed by atoms with E-state index >= 15 is 0 Å². The highest BCUT2D eigenvalue weighted by Gasteiger charge is 2.02. The van der Waals surface area contributed by atoms with Crippen molar-refractivity contribution in [3.05, 3.63) is 120 Å². The molecule has 148 valence electrons. The minimum absolute atomic E-state index is 0.974. The fourth-order valence-corrected chi connectivity index (χ4v) is 5.02. The van der Waals surface area contributed by atoms with Gasteiger partial charge in [-0.3, -0.25) is 0 Å². The van der Waals surface area contributed by atoms with E-state index in [0.717, 1.165) is 22.6 Å². The smallest absolute Gasteiger partial charge is 0.0232 e. The normalized spacial score (nSPS) is 10.8. The Balaban J connectivity index is 1.39. The summed E-state index contributed by atoms with van der Waals surface area (Å²) in [5.74, 6) is 1.95. The van der Waals surface area contributed by atoms with E-state index in [0.29, 0.717) is 0 Å². The van der Waals surface area contributed by atoms with Gasteiger partial charge in [0, 0.05) is 21.3 Å². The molecule has 4 aromatic carbocycles. The van der Waals surface area contributed by atoms with Gasteiger partial charge in [0.15, 0.2) is 0 Å². The molecule has 4 rings (SSSR count). The number of hydrogen-bond donors (Lipinski definition) is 0. The SMILES string of the molecule is C=Cc1ccc(CSc2ccc3cc(SCc4ccc(C=C)cc4)ccc3c2)cc1. The minimum Gasteiger partial charge on any atom is -0.121 e. The molecule has 2 heteroatoms. The van der Waals surface area contributed by atoms with Crippen molar-refractivity contribution in [2.45, 2.75) is 21.3 Å². The summed E-state index contributed by atoms with van der Waals surface area (Å²) >= 11 is 3.76. The van der Waals surface area contributed by atoms with Crippen LogP contribution in [0, 0.1) is 0 Å². The van der Waals surface area contributed by atoms with E-state index < -0.39 is 0 Å². The van der Waals surface area contributed by atoms with Gasteiger partial charge in [-0.25, -0.2) is 0 Å². The highest BCUT2D eigenvalue weighted by atomic mass is 32.2. The summed E-state index contributed by atoms with van der Waals surface area (Å²) in [4.78, 5) is 2.61. The summed E-state index contributed by atoms with van der Waals surface area (Å²) in [5.41, 5.74) is 4.99. The number of benzene rings is 4. The number of thioether (sulfide) groups is 2. The zero-order chi connectivity index (χ0) is 20.8. The molecule has 0 heterocycles. The second-order valence-corrected chi connectivity index (χ2v) is 9.24. The van der Waals surface area contributed by atoms with Gasteiger partial charge in [0.25, 0.3) is 0 Å². The van der Waals surface area contributed by atoms with E-state index in [9.17, 15) is 0 Å². The molecule has 0 fully saturated rings. The van der Waals surface area contributed by atoms with Gasteiger partial charge in [-0.2, -0.15) is 0 Å². The van der Waals surface area contributed by atoms with Crippen LogP contribution >= 0.6 is 23.5 Å². The summed E-state index contributed by atoms with van der Waals surface area (Å²) in [6, 6.07) is 30.7. The van der Waals surface area contributed by atoms with E-state index in [2.05, 4.69) is 98.1 Å². The third kappa shape index (κ3) is 5.27. The van der Waals surface area contributed by atoms with Crippen molar-refractivity contribution < 1.29 is 0 Å². The van der Waals surface area contributed by atoms with Crippen LogP contribution in [0.2, 0.25) is 0 Å². The Kier molecular flexibility index (Phi) is 6.78. The van der Waals surface area contributed by atoms with E-state index in [4.69, 9.17) is 0 Å². The van der Waals surface area contributed by atoms with Crippen molar-refractivity contribution in [1.29, 1.82) is 0 Å². The topological polar surface area (TPSA) is 0 Å². The molecule has 0 aliphatic carbocycles. The first kappa shape index (κ1) is 20.6. The molecule has 0 aliphatic heterocycles. The standard InChI is InChI=1S/C28H24S2/c1-3-21-5-9-23(10-6-21)19-29-27-15-13-26-18-28(16-14-25(26)17-27)30-20-24-11-7-22(4-2)8-12-24/h3-18H,1-2,19-20H2. The maximum absolute atomic E-state index is 3.81. The van der Waals surface area contributed by atoms with Gasteiger partial charge < -0.3 is 0 Å². The number of hydrogen-bond acceptors (Lipinski definition) is 2. The van der Waals surface area contributed by atoms with Crippen LogP contribution in [-0.2, 0) is 11.5 Å². The third-order valence-corrected chi connectivity index (χ3v) is 7.15. The Bertz CT molecular complexity index is 1060. The van der Waals surface area contributed by atoms with Gasteiger partial charge in [-0.15, -0.1) is 23.5 Å². The molecule has 0 atom stereocenters. The highest BCUT2D eigenvalue weighted by Crippen LogP contribution is 2.30. The first-order valence-corrected chi connectivity index (χ1v) is 11.9. The average molecular weight is 425 g/mol. The van der Waals surface area contributed by atoms with Gasteiger partial charge in [-0.1, -0.05) is 86.0 Å². The average Bonchev–Trinajstić information content (AvgIpc) is 2.82. The zero-order valence-corrected chi connectivity index (χ0v) is 18.5. The quantitative estimate of drug-likeness (QED) is 0.259. The zero-order valence-electron chi connectivity index (χ0n) is 16.9. The van der Waals surface area contributed by atoms with E-state index in [1.54, 1.807) is 0 Å². The van der Waals surface area contributed by atoms with E-state index in [-0.39, 0.29) is 0 Å². The van der Waals surface area contributed by atoms with E-state index in [1.807, 2.05) is 35.7 Å². The lowest BCUT2D eigenvalue weighted by atomic mass is 10.1. The Morgan fingerprint density at radius 2 is 0.933 bits per heavy atom. The fourth-order valence-electron chi connectivity index (χ4n) is 3.21. The lowest BCUT2D eigenvalue weighted by molar-refractivity contribution is 1.37. The summed E-state index contributed by atoms with van der Waals surface area (Å²) in [6.45, 7) is 7.63. The largest absolute Gasteiger partial charge is 0.121 e. The van der Waals surface area contributed by atoms with Crippen LogP contribution in [-0.4, -0.2) is 0 Å². The molecule has 0 unspecified atom stereocenters. The Morgan fingerprint density at radius 1 is 0.533 bits per heavy atom. The molecule has 0 spiro atoms. The highest BCUT2D eigenvalue weighted by molar-refractivity contribution is 7.98.